The summed E-state index contributed by atoms with van der Waals surface area (Å²) in [7, 11) is 0. The standard InChI is InChI=1S/C21H19F2NO7S/c1-3-30-20(28)17-16(31-21(29)32-10-15(19(26)27)24-11(2)25)9-8-14(18(17)23)12-4-6-13(22)7-5-12/h4-9,15H,3,10H2,1-2H3,(H,24,25)(H,26,27). The molecule has 0 saturated carbocycles. The van der Waals surface area contributed by atoms with Crippen molar-refractivity contribution in [3.05, 3.63) is 53.6 Å². The van der Waals surface area contributed by atoms with Gasteiger partial charge in [0.05, 0.1) is 6.61 Å². The minimum atomic E-state index is -1.36. The van der Waals surface area contributed by atoms with Gasteiger partial charge >= 0.3 is 17.2 Å². The van der Waals surface area contributed by atoms with Gasteiger partial charge in [-0.25, -0.2) is 23.2 Å². The molecule has 0 aliphatic carbocycles. The SMILES string of the molecule is CCOC(=O)c1c(OC(=O)SCC(NC(C)=O)C(=O)O)ccc(-c2ccc(F)cc2)c1F. The van der Waals surface area contributed by atoms with Crippen LogP contribution in [0.15, 0.2) is 36.4 Å². The van der Waals surface area contributed by atoms with Crippen LogP contribution in [0.2, 0.25) is 0 Å². The van der Waals surface area contributed by atoms with Crippen LogP contribution in [-0.2, 0) is 14.3 Å². The van der Waals surface area contributed by atoms with E-state index < -0.39 is 52.1 Å². The lowest BCUT2D eigenvalue weighted by Gasteiger charge is -2.14. The topological polar surface area (TPSA) is 119 Å². The summed E-state index contributed by atoms with van der Waals surface area (Å²) in [5.41, 5.74) is -0.405. The molecule has 0 aromatic heterocycles. The van der Waals surface area contributed by atoms with Gasteiger partial charge in [0.25, 0.3) is 0 Å². The Balaban J connectivity index is 2.30. The second-order valence-electron chi connectivity index (χ2n) is 6.28. The van der Waals surface area contributed by atoms with Gasteiger partial charge in [0.1, 0.15) is 29.0 Å². The summed E-state index contributed by atoms with van der Waals surface area (Å²) in [6, 6.07) is 5.95. The number of aliphatic carboxylic acids is 1. The maximum absolute atomic E-state index is 15.2. The predicted octanol–water partition coefficient (Wildman–Crippen LogP) is 3.63. The molecule has 170 valence electrons. The molecule has 11 heteroatoms. The molecule has 0 heterocycles. The van der Waals surface area contributed by atoms with Crippen LogP contribution in [0.4, 0.5) is 13.6 Å². The Kier molecular flexibility index (Phi) is 8.71. The zero-order chi connectivity index (χ0) is 23.8. The van der Waals surface area contributed by atoms with E-state index in [0.717, 1.165) is 19.1 Å². The minimum Gasteiger partial charge on any atom is -0.480 e. The van der Waals surface area contributed by atoms with Crippen molar-refractivity contribution in [1.82, 2.24) is 5.32 Å². The molecule has 0 aliphatic heterocycles. The summed E-state index contributed by atoms with van der Waals surface area (Å²) in [5, 5.41) is 10.2. The van der Waals surface area contributed by atoms with Gasteiger partial charge in [0, 0.05) is 18.2 Å². The largest absolute Gasteiger partial charge is 0.480 e. The van der Waals surface area contributed by atoms with Crippen molar-refractivity contribution in [2.75, 3.05) is 12.4 Å². The molecular weight excluding hydrogens is 448 g/mol. The lowest BCUT2D eigenvalue weighted by atomic mass is 10.0. The first kappa shape index (κ1) is 24.8. The molecule has 1 atom stereocenters. The van der Waals surface area contributed by atoms with E-state index in [1.807, 2.05) is 0 Å². The molecule has 0 fully saturated rings. The van der Waals surface area contributed by atoms with Crippen LogP contribution in [-0.4, -0.2) is 46.7 Å². The van der Waals surface area contributed by atoms with Crippen molar-refractivity contribution >= 4 is 34.9 Å². The lowest BCUT2D eigenvalue weighted by molar-refractivity contribution is -0.140. The smallest absolute Gasteiger partial charge is 0.372 e. The average Bonchev–Trinajstić information content (AvgIpc) is 2.72. The molecule has 0 aliphatic rings. The molecule has 0 spiro atoms. The van der Waals surface area contributed by atoms with Crippen LogP contribution in [0.3, 0.4) is 0 Å². The average molecular weight is 467 g/mol. The van der Waals surface area contributed by atoms with Gasteiger partial charge in [0.2, 0.25) is 5.91 Å². The van der Waals surface area contributed by atoms with Gasteiger partial charge in [-0.1, -0.05) is 12.1 Å². The van der Waals surface area contributed by atoms with Crippen molar-refractivity contribution in [2.45, 2.75) is 19.9 Å². The minimum absolute atomic E-state index is 0.0443. The van der Waals surface area contributed by atoms with Crippen molar-refractivity contribution < 1.29 is 42.5 Å². The van der Waals surface area contributed by atoms with E-state index in [2.05, 4.69) is 5.32 Å². The highest BCUT2D eigenvalue weighted by atomic mass is 32.2. The summed E-state index contributed by atoms with van der Waals surface area (Å²) < 4.78 is 38.3. The van der Waals surface area contributed by atoms with E-state index in [9.17, 15) is 23.6 Å². The first-order chi connectivity index (χ1) is 15.1. The third-order valence-electron chi connectivity index (χ3n) is 3.98. The Bertz CT molecular complexity index is 1030. The van der Waals surface area contributed by atoms with E-state index in [4.69, 9.17) is 14.6 Å². The highest BCUT2D eigenvalue weighted by molar-refractivity contribution is 8.13. The number of rotatable bonds is 8. The molecule has 0 radical (unpaired) electrons. The molecule has 2 rings (SSSR count). The fraction of sp³-hybridized carbons (Fsp3) is 0.238. The Morgan fingerprint density at radius 3 is 2.31 bits per heavy atom. The summed E-state index contributed by atoms with van der Waals surface area (Å²) >= 11 is 0.419. The number of thioether (sulfide) groups is 1. The molecular formula is C21H19F2NO7S. The van der Waals surface area contributed by atoms with Crippen LogP contribution >= 0.6 is 11.8 Å². The fourth-order valence-corrected chi connectivity index (χ4v) is 3.26. The normalized spacial score (nSPS) is 11.4. The fourth-order valence-electron chi connectivity index (χ4n) is 2.58. The number of carbonyl (C=O) groups excluding carboxylic acids is 3. The zero-order valence-electron chi connectivity index (χ0n) is 17.0. The van der Waals surface area contributed by atoms with E-state index in [-0.39, 0.29) is 23.5 Å². The molecule has 2 aromatic rings. The molecule has 0 saturated heterocycles. The number of esters is 1. The highest BCUT2D eigenvalue weighted by Gasteiger charge is 2.26. The van der Waals surface area contributed by atoms with Gasteiger partial charge in [-0.05, 0) is 48.5 Å². The molecule has 8 nitrogen and oxygen atoms in total. The van der Waals surface area contributed by atoms with Crippen molar-refractivity contribution in [3.63, 3.8) is 0 Å². The number of amides is 1. The van der Waals surface area contributed by atoms with Crippen LogP contribution < -0.4 is 10.1 Å². The predicted molar refractivity (Wildman–Crippen MR) is 111 cm³/mol. The monoisotopic (exact) mass is 467 g/mol. The Morgan fingerprint density at radius 1 is 1.09 bits per heavy atom. The van der Waals surface area contributed by atoms with Gasteiger partial charge in [0.15, 0.2) is 0 Å². The van der Waals surface area contributed by atoms with Crippen LogP contribution in [0.25, 0.3) is 11.1 Å². The summed E-state index contributed by atoms with van der Waals surface area (Å²) in [5.74, 6) is -5.40. The zero-order valence-corrected chi connectivity index (χ0v) is 17.8. The van der Waals surface area contributed by atoms with Gasteiger partial charge in [-0.2, -0.15) is 0 Å². The van der Waals surface area contributed by atoms with Crippen molar-refractivity contribution in [2.24, 2.45) is 0 Å². The van der Waals surface area contributed by atoms with Crippen molar-refractivity contribution in [1.29, 1.82) is 0 Å². The number of carboxylic acids is 1. The first-order valence-electron chi connectivity index (χ1n) is 9.24. The summed E-state index contributed by atoms with van der Waals surface area (Å²) in [6.45, 7) is 2.56. The number of hydrogen-bond donors (Lipinski definition) is 2. The molecule has 2 N–H and O–H groups in total. The van der Waals surface area contributed by atoms with Crippen LogP contribution in [0.5, 0.6) is 5.75 Å². The van der Waals surface area contributed by atoms with E-state index in [1.54, 1.807) is 0 Å². The second-order valence-corrected chi connectivity index (χ2v) is 7.24. The maximum Gasteiger partial charge on any atom is 0.372 e. The first-order valence-corrected chi connectivity index (χ1v) is 10.2. The Hall–Kier alpha value is -3.47. The number of hydrogen-bond acceptors (Lipinski definition) is 7. The van der Waals surface area contributed by atoms with Crippen LogP contribution in [0.1, 0.15) is 24.2 Å². The van der Waals surface area contributed by atoms with Crippen molar-refractivity contribution in [3.8, 4) is 16.9 Å². The third kappa shape index (κ3) is 6.51. The van der Waals surface area contributed by atoms with Gasteiger partial charge in [-0.3, -0.25) is 4.79 Å². The van der Waals surface area contributed by atoms with E-state index in [1.165, 1.54) is 31.2 Å². The quantitative estimate of drug-likeness (QED) is 0.565. The number of carbonyl (C=O) groups is 4. The molecule has 2 aromatic carbocycles. The molecule has 1 amide bonds. The summed E-state index contributed by atoms with van der Waals surface area (Å²) in [6.07, 6.45) is 0. The number of nitrogens with one attached hydrogen (secondary N) is 1. The Labute approximate surface area is 185 Å². The van der Waals surface area contributed by atoms with E-state index in [0.29, 0.717) is 11.8 Å². The van der Waals surface area contributed by atoms with Crippen LogP contribution in [0, 0.1) is 11.6 Å². The third-order valence-corrected chi connectivity index (χ3v) is 4.79. The lowest BCUT2D eigenvalue weighted by Crippen LogP contribution is -2.41. The molecule has 1 unspecified atom stereocenters. The van der Waals surface area contributed by atoms with Gasteiger partial charge in [-0.15, -0.1) is 0 Å². The second kappa shape index (κ2) is 11.2. The number of benzene rings is 2. The number of halogens is 2. The maximum atomic E-state index is 15.2. The Morgan fingerprint density at radius 2 is 1.75 bits per heavy atom. The van der Waals surface area contributed by atoms with Gasteiger partial charge < -0.3 is 19.9 Å². The molecule has 0 bridgehead atoms. The van der Waals surface area contributed by atoms with E-state index >= 15 is 4.39 Å². The summed E-state index contributed by atoms with van der Waals surface area (Å²) in [4.78, 5) is 46.7. The molecule has 32 heavy (non-hydrogen) atoms. The number of ether oxygens (including phenoxy) is 2. The number of carboxylic acid groups (broad SMARTS) is 1. The highest BCUT2D eigenvalue weighted by Crippen LogP contribution is 2.32.